The van der Waals surface area contributed by atoms with Crippen molar-refractivity contribution in [1.82, 2.24) is 0 Å². The summed E-state index contributed by atoms with van der Waals surface area (Å²) in [5.74, 6) is -0.0947. The topological polar surface area (TPSA) is 0 Å². The van der Waals surface area contributed by atoms with E-state index in [4.69, 9.17) is 0 Å². The lowest BCUT2D eigenvalue weighted by Gasteiger charge is -2.08. The summed E-state index contributed by atoms with van der Waals surface area (Å²) in [4.78, 5) is 0. The quantitative estimate of drug-likeness (QED) is 0.304. The molecule has 0 bridgehead atoms. The van der Waals surface area contributed by atoms with Gasteiger partial charge in [-0.1, -0.05) is 78.9 Å². The second-order valence-electron chi connectivity index (χ2n) is 7.75. The van der Waals surface area contributed by atoms with Gasteiger partial charge in [-0.25, -0.2) is 4.39 Å². The lowest BCUT2D eigenvalue weighted by Crippen LogP contribution is -1.97. The molecule has 0 fully saturated rings. The molecule has 154 valence electrons. The van der Waals surface area contributed by atoms with Gasteiger partial charge in [-0.15, -0.1) is 6.58 Å². The summed E-state index contributed by atoms with van der Waals surface area (Å²) in [7, 11) is 0. The molecule has 0 amide bonds. The lowest BCUT2D eigenvalue weighted by atomic mass is 9.98. The average molecular weight is 399 g/mol. The van der Waals surface area contributed by atoms with E-state index in [2.05, 4.69) is 74.2 Å². The number of allylic oxidation sites excluding steroid dienone is 3. The SMILES string of the molecule is C=CCCc1ccc(CCc2ccc(-c3ccc(CC/C=C/C)cc3)cc2)c(F)c1. The van der Waals surface area contributed by atoms with Crippen molar-refractivity contribution in [3.8, 4) is 11.1 Å². The number of benzene rings is 3. The Kier molecular flexibility index (Phi) is 8.20. The standard InChI is InChI=1S/C29H31F/c1-3-5-7-9-23-10-16-26(17-11-23)27-18-12-24(13-19-27)14-20-28-21-15-25(8-6-4-2)22-29(28)30/h3-5,10-13,15-19,21-22H,2,6-9,14,20H2,1H3/b5-3+. The van der Waals surface area contributed by atoms with Crippen molar-refractivity contribution in [1.29, 1.82) is 0 Å². The monoisotopic (exact) mass is 398 g/mol. The minimum Gasteiger partial charge on any atom is -0.207 e. The molecular formula is C29H31F. The van der Waals surface area contributed by atoms with E-state index in [1.165, 1.54) is 22.3 Å². The first-order chi connectivity index (χ1) is 14.7. The van der Waals surface area contributed by atoms with Crippen LogP contribution in [0.15, 0.2) is 91.5 Å². The predicted molar refractivity (Wildman–Crippen MR) is 127 cm³/mol. The molecule has 1 heteroatoms. The molecule has 0 aliphatic heterocycles. The fraction of sp³-hybridized carbons (Fsp3) is 0.241. The first-order valence-corrected chi connectivity index (χ1v) is 10.9. The summed E-state index contributed by atoms with van der Waals surface area (Å²) in [6.07, 6.45) is 11.6. The van der Waals surface area contributed by atoms with Gasteiger partial charge in [0.1, 0.15) is 5.82 Å². The minimum atomic E-state index is -0.0947. The molecule has 0 nitrogen and oxygen atoms in total. The molecule has 0 aromatic heterocycles. The maximum atomic E-state index is 14.4. The number of aryl methyl sites for hydroxylation is 4. The van der Waals surface area contributed by atoms with Crippen molar-refractivity contribution in [2.24, 2.45) is 0 Å². The molecule has 0 saturated heterocycles. The summed E-state index contributed by atoms with van der Waals surface area (Å²) in [6.45, 7) is 5.79. The van der Waals surface area contributed by atoms with Crippen LogP contribution in [0.5, 0.6) is 0 Å². The lowest BCUT2D eigenvalue weighted by molar-refractivity contribution is 0.606. The minimum absolute atomic E-state index is 0.0947. The molecule has 0 unspecified atom stereocenters. The van der Waals surface area contributed by atoms with Crippen LogP contribution >= 0.6 is 0 Å². The van der Waals surface area contributed by atoms with Gasteiger partial charge in [-0.3, -0.25) is 0 Å². The van der Waals surface area contributed by atoms with Gasteiger partial charge in [0.25, 0.3) is 0 Å². The van der Waals surface area contributed by atoms with Crippen molar-refractivity contribution in [2.45, 2.75) is 45.4 Å². The van der Waals surface area contributed by atoms with E-state index in [9.17, 15) is 4.39 Å². The Hall–Kier alpha value is -2.93. The zero-order valence-electron chi connectivity index (χ0n) is 17.9. The Morgan fingerprint density at radius 3 is 1.83 bits per heavy atom. The average Bonchev–Trinajstić information content (AvgIpc) is 2.78. The van der Waals surface area contributed by atoms with Gasteiger partial charge in [-0.05, 0) is 84.9 Å². The van der Waals surface area contributed by atoms with E-state index in [0.29, 0.717) is 6.42 Å². The van der Waals surface area contributed by atoms with Crippen LogP contribution in [-0.4, -0.2) is 0 Å². The van der Waals surface area contributed by atoms with E-state index in [1.54, 1.807) is 6.07 Å². The van der Waals surface area contributed by atoms with Crippen LogP contribution in [0.2, 0.25) is 0 Å². The van der Waals surface area contributed by atoms with Gasteiger partial charge >= 0.3 is 0 Å². The number of hydrogen-bond donors (Lipinski definition) is 0. The van der Waals surface area contributed by atoms with Crippen LogP contribution in [0.3, 0.4) is 0 Å². The molecule has 30 heavy (non-hydrogen) atoms. The van der Waals surface area contributed by atoms with Crippen LogP contribution in [0, 0.1) is 5.82 Å². The molecule has 0 saturated carbocycles. The Morgan fingerprint density at radius 2 is 1.27 bits per heavy atom. The van der Waals surface area contributed by atoms with Crippen LogP contribution in [0.25, 0.3) is 11.1 Å². The number of halogens is 1. The fourth-order valence-corrected chi connectivity index (χ4v) is 3.64. The zero-order chi connectivity index (χ0) is 21.2. The molecule has 0 N–H and O–H groups in total. The Morgan fingerprint density at radius 1 is 0.700 bits per heavy atom. The smallest absolute Gasteiger partial charge is 0.126 e. The van der Waals surface area contributed by atoms with Gasteiger partial charge < -0.3 is 0 Å². The van der Waals surface area contributed by atoms with Gasteiger partial charge in [0.05, 0.1) is 0 Å². The third-order valence-corrected chi connectivity index (χ3v) is 5.51. The van der Waals surface area contributed by atoms with Crippen LogP contribution < -0.4 is 0 Å². The van der Waals surface area contributed by atoms with Crippen LogP contribution in [-0.2, 0) is 25.7 Å². The molecule has 3 aromatic rings. The Labute approximate surface area is 180 Å². The van der Waals surface area contributed by atoms with Crippen LogP contribution in [0.4, 0.5) is 4.39 Å². The van der Waals surface area contributed by atoms with Crippen molar-refractivity contribution < 1.29 is 4.39 Å². The van der Waals surface area contributed by atoms with Gasteiger partial charge in [-0.2, -0.15) is 0 Å². The van der Waals surface area contributed by atoms with E-state index < -0.39 is 0 Å². The third kappa shape index (κ3) is 6.29. The summed E-state index contributed by atoms with van der Waals surface area (Å²) < 4.78 is 14.4. The maximum Gasteiger partial charge on any atom is 0.126 e. The van der Waals surface area contributed by atoms with Gasteiger partial charge in [0.15, 0.2) is 0 Å². The van der Waals surface area contributed by atoms with E-state index in [-0.39, 0.29) is 5.82 Å². The highest BCUT2D eigenvalue weighted by Gasteiger charge is 2.05. The normalized spacial score (nSPS) is 11.1. The van der Waals surface area contributed by atoms with E-state index in [1.807, 2.05) is 18.2 Å². The van der Waals surface area contributed by atoms with Crippen molar-refractivity contribution >= 4 is 0 Å². The van der Waals surface area contributed by atoms with E-state index >= 15 is 0 Å². The van der Waals surface area contributed by atoms with Crippen molar-refractivity contribution in [2.75, 3.05) is 0 Å². The van der Waals surface area contributed by atoms with Gasteiger partial charge in [0.2, 0.25) is 0 Å². The molecule has 0 radical (unpaired) electrons. The maximum absolute atomic E-state index is 14.4. The van der Waals surface area contributed by atoms with Crippen molar-refractivity contribution in [3.05, 3.63) is 120 Å². The fourth-order valence-electron chi connectivity index (χ4n) is 3.64. The first kappa shape index (κ1) is 21.8. The number of rotatable bonds is 10. The zero-order valence-corrected chi connectivity index (χ0v) is 17.9. The molecule has 0 aliphatic carbocycles. The predicted octanol–water partition coefficient (Wildman–Crippen LogP) is 7.91. The first-order valence-electron chi connectivity index (χ1n) is 10.9. The third-order valence-electron chi connectivity index (χ3n) is 5.51. The summed E-state index contributed by atoms with van der Waals surface area (Å²) in [5.41, 5.74) is 6.88. The summed E-state index contributed by atoms with van der Waals surface area (Å²) >= 11 is 0. The summed E-state index contributed by atoms with van der Waals surface area (Å²) in [6, 6.07) is 23.1. The highest BCUT2D eigenvalue weighted by molar-refractivity contribution is 5.64. The van der Waals surface area contributed by atoms with Crippen molar-refractivity contribution in [3.63, 3.8) is 0 Å². The highest BCUT2D eigenvalue weighted by atomic mass is 19.1. The second-order valence-corrected chi connectivity index (χ2v) is 7.75. The van der Waals surface area contributed by atoms with E-state index in [0.717, 1.165) is 43.2 Å². The number of hydrogen-bond acceptors (Lipinski definition) is 0. The molecule has 3 aromatic carbocycles. The Bertz CT molecular complexity index is 962. The molecule has 3 rings (SSSR count). The molecule has 0 heterocycles. The molecular weight excluding hydrogens is 367 g/mol. The molecule has 0 spiro atoms. The highest BCUT2D eigenvalue weighted by Crippen LogP contribution is 2.22. The Balaban J connectivity index is 1.57. The van der Waals surface area contributed by atoms with Gasteiger partial charge in [0, 0.05) is 0 Å². The molecule has 0 atom stereocenters. The second kappa shape index (κ2) is 11.3. The van der Waals surface area contributed by atoms with Crippen LogP contribution in [0.1, 0.15) is 42.0 Å². The molecule has 0 aliphatic rings. The summed E-state index contributed by atoms with van der Waals surface area (Å²) in [5, 5.41) is 0. The largest absolute Gasteiger partial charge is 0.207 e.